The molecule has 1 saturated heterocycles. The van der Waals surface area contributed by atoms with Crippen LogP contribution in [0.15, 0.2) is 24.3 Å². The van der Waals surface area contributed by atoms with Crippen molar-refractivity contribution in [2.75, 3.05) is 7.11 Å². The van der Waals surface area contributed by atoms with Crippen molar-refractivity contribution in [3.8, 4) is 5.75 Å². The molecular formula is C14H14BrNO3. The van der Waals surface area contributed by atoms with E-state index in [1.165, 1.54) is 0 Å². The number of hydrogen-bond acceptors (Lipinski definition) is 3. The van der Waals surface area contributed by atoms with E-state index in [4.69, 9.17) is 4.74 Å². The number of piperidine rings is 1. The van der Waals surface area contributed by atoms with E-state index in [0.717, 1.165) is 11.3 Å². The molecule has 1 aliphatic heterocycles. The Bertz CT molecular complexity index is 528. The fourth-order valence-electron chi connectivity index (χ4n) is 2.87. The van der Waals surface area contributed by atoms with Crippen molar-refractivity contribution >= 4 is 27.6 Å². The van der Waals surface area contributed by atoms with Gasteiger partial charge in [-0.25, -0.2) is 0 Å². The van der Waals surface area contributed by atoms with Gasteiger partial charge < -0.3 is 9.64 Å². The Morgan fingerprint density at radius 2 is 2.00 bits per heavy atom. The zero-order valence-corrected chi connectivity index (χ0v) is 12.1. The van der Waals surface area contributed by atoms with Gasteiger partial charge in [0.25, 0.3) is 0 Å². The summed E-state index contributed by atoms with van der Waals surface area (Å²) in [6.07, 6.45) is 0.387. The summed E-state index contributed by atoms with van der Waals surface area (Å²) in [4.78, 5) is 25.7. The normalized spacial score (nSPS) is 29.2. The summed E-state index contributed by atoms with van der Waals surface area (Å²) in [5.74, 6) is 0.866. The van der Waals surface area contributed by atoms with Crippen LogP contribution in [-0.2, 0) is 16.1 Å². The van der Waals surface area contributed by atoms with Crippen LogP contribution < -0.4 is 4.74 Å². The Kier molecular flexibility index (Phi) is 3.09. The van der Waals surface area contributed by atoms with Crippen LogP contribution in [0.5, 0.6) is 5.75 Å². The second-order valence-corrected chi connectivity index (χ2v) is 6.04. The van der Waals surface area contributed by atoms with Crippen LogP contribution in [0, 0.1) is 5.92 Å². The second kappa shape index (κ2) is 4.63. The Balaban J connectivity index is 1.79. The quantitative estimate of drug-likeness (QED) is 0.796. The minimum absolute atomic E-state index is 0.0225. The first-order valence-corrected chi connectivity index (χ1v) is 7.13. The first-order valence-electron chi connectivity index (χ1n) is 6.22. The van der Waals surface area contributed by atoms with Crippen LogP contribution in [0.4, 0.5) is 0 Å². The molecule has 1 amide bonds. The smallest absolute Gasteiger partial charge is 0.228 e. The number of fused-ring (bicyclic) bond motifs is 2. The third-order valence-corrected chi connectivity index (χ3v) is 5.02. The van der Waals surface area contributed by atoms with Crippen LogP contribution >= 0.6 is 15.9 Å². The minimum atomic E-state index is -0.292. The van der Waals surface area contributed by atoms with E-state index in [2.05, 4.69) is 15.9 Å². The van der Waals surface area contributed by atoms with Crippen LogP contribution in [-0.4, -0.2) is 34.6 Å². The Morgan fingerprint density at radius 3 is 2.58 bits per heavy atom. The predicted molar refractivity (Wildman–Crippen MR) is 73.2 cm³/mol. The summed E-state index contributed by atoms with van der Waals surface area (Å²) in [6, 6.07) is 7.28. The van der Waals surface area contributed by atoms with Crippen LogP contribution in [0.1, 0.15) is 12.0 Å². The number of alkyl halides is 1. The topological polar surface area (TPSA) is 46.6 Å². The van der Waals surface area contributed by atoms with Gasteiger partial charge >= 0.3 is 0 Å². The van der Waals surface area contributed by atoms with Gasteiger partial charge in [-0.1, -0.05) is 28.1 Å². The van der Waals surface area contributed by atoms with Gasteiger partial charge in [0.05, 0.1) is 17.9 Å². The lowest BCUT2D eigenvalue weighted by Crippen LogP contribution is -2.42. The average molecular weight is 324 g/mol. The molecule has 0 radical (unpaired) electrons. The third-order valence-electron chi connectivity index (χ3n) is 3.89. The highest BCUT2D eigenvalue weighted by Gasteiger charge is 2.56. The van der Waals surface area contributed by atoms with Gasteiger partial charge in [0, 0.05) is 13.0 Å². The van der Waals surface area contributed by atoms with E-state index >= 15 is 0 Å². The molecule has 3 rings (SSSR count). The van der Waals surface area contributed by atoms with Gasteiger partial charge in [-0.05, 0) is 17.7 Å². The van der Waals surface area contributed by atoms with Crippen molar-refractivity contribution in [3.63, 3.8) is 0 Å². The first kappa shape index (κ1) is 12.7. The lowest BCUT2D eigenvalue weighted by molar-refractivity contribution is -0.141. The minimum Gasteiger partial charge on any atom is -0.497 e. The van der Waals surface area contributed by atoms with E-state index in [-0.39, 0.29) is 28.5 Å². The molecule has 4 nitrogen and oxygen atoms in total. The second-order valence-electron chi connectivity index (χ2n) is 4.98. The lowest BCUT2D eigenvalue weighted by Gasteiger charge is -2.26. The fraction of sp³-hybridized carbons (Fsp3) is 0.429. The summed E-state index contributed by atoms with van der Waals surface area (Å²) in [6.45, 7) is 0.484. The summed E-state index contributed by atoms with van der Waals surface area (Å²) >= 11 is 3.49. The Hall–Kier alpha value is -1.36. The van der Waals surface area contributed by atoms with Crippen molar-refractivity contribution < 1.29 is 14.3 Å². The zero-order chi connectivity index (χ0) is 13.6. The van der Waals surface area contributed by atoms with Gasteiger partial charge in [-0.15, -0.1) is 0 Å². The Labute approximate surface area is 119 Å². The maximum absolute atomic E-state index is 12.2. The van der Waals surface area contributed by atoms with Gasteiger partial charge in [0.2, 0.25) is 5.91 Å². The maximum atomic E-state index is 12.2. The highest BCUT2D eigenvalue weighted by Crippen LogP contribution is 2.41. The van der Waals surface area contributed by atoms with Crippen LogP contribution in [0.3, 0.4) is 0 Å². The third kappa shape index (κ3) is 1.96. The average Bonchev–Trinajstić information content (AvgIpc) is 2.82. The monoisotopic (exact) mass is 323 g/mol. The number of likely N-dealkylation sites (tertiary alicyclic amines) is 1. The van der Waals surface area contributed by atoms with Crippen molar-refractivity contribution in [3.05, 3.63) is 29.8 Å². The molecule has 1 aromatic carbocycles. The number of ketones is 1. The number of carbonyl (C=O) groups is 2. The van der Waals surface area contributed by atoms with E-state index in [9.17, 15) is 9.59 Å². The van der Waals surface area contributed by atoms with Crippen molar-refractivity contribution in [1.29, 1.82) is 0 Å². The zero-order valence-electron chi connectivity index (χ0n) is 10.5. The molecule has 0 N–H and O–H groups in total. The van der Waals surface area contributed by atoms with Crippen molar-refractivity contribution in [2.45, 2.75) is 23.8 Å². The van der Waals surface area contributed by atoms with Crippen LogP contribution in [0.2, 0.25) is 0 Å². The summed E-state index contributed by atoms with van der Waals surface area (Å²) in [5, 5.41) is 0. The largest absolute Gasteiger partial charge is 0.497 e. The maximum Gasteiger partial charge on any atom is 0.228 e. The molecule has 0 spiro atoms. The van der Waals surface area contributed by atoms with Crippen molar-refractivity contribution in [2.24, 2.45) is 5.92 Å². The van der Waals surface area contributed by atoms with E-state index < -0.39 is 0 Å². The molecule has 2 fully saturated rings. The molecule has 19 heavy (non-hydrogen) atoms. The van der Waals surface area contributed by atoms with Crippen molar-refractivity contribution in [1.82, 2.24) is 4.90 Å². The molecule has 2 aliphatic rings. The molecule has 2 bridgehead atoms. The number of hydrogen-bond donors (Lipinski definition) is 0. The van der Waals surface area contributed by atoms with Crippen LogP contribution in [0.25, 0.3) is 0 Å². The summed E-state index contributed by atoms with van der Waals surface area (Å²) in [7, 11) is 1.62. The SMILES string of the molecule is COc1ccc(CN2C(=O)[C@H]3CC(=O)[C@@H]2[C@@H]3Br)cc1. The number of ether oxygens (including phenoxy) is 1. The number of amides is 1. The molecule has 1 aliphatic carbocycles. The van der Waals surface area contributed by atoms with Gasteiger partial charge in [0.1, 0.15) is 11.8 Å². The molecular weight excluding hydrogens is 310 g/mol. The molecule has 1 heterocycles. The molecule has 0 aromatic heterocycles. The standard InChI is InChI=1S/C14H14BrNO3/c1-19-9-4-2-8(3-5-9)7-16-13-11(17)6-10(12(13)15)14(16)18/h2-5,10,12-13H,6-7H2,1H3/t10-,12+,13+/m0/s1. The molecule has 5 heteroatoms. The van der Waals surface area contributed by atoms with E-state index in [1.807, 2.05) is 24.3 Å². The molecule has 1 saturated carbocycles. The number of benzene rings is 1. The first-order chi connectivity index (χ1) is 9.11. The number of halogens is 1. The van der Waals surface area contributed by atoms with Gasteiger partial charge in [-0.2, -0.15) is 0 Å². The fourth-order valence-corrected chi connectivity index (χ4v) is 3.86. The number of methoxy groups -OCH3 is 1. The highest BCUT2D eigenvalue weighted by molar-refractivity contribution is 9.09. The molecule has 0 unspecified atom stereocenters. The van der Waals surface area contributed by atoms with Gasteiger partial charge in [0.15, 0.2) is 5.78 Å². The summed E-state index contributed by atoms with van der Waals surface area (Å²) < 4.78 is 5.10. The number of rotatable bonds is 3. The number of carbonyl (C=O) groups excluding carboxylic acids is 2. The Morgan fingerprint density at radius 1 is 1.32 bits per heavy atom. The molecule has 100 valence electrons. The molecule has 3 atom stereocenters. The lowest BCUT2D eigenvalue weighted by atomic mass is 10.1. The number of Topliss-reactive ketones (excluding diaryl/α,β-unsaturated/α-hetero) is 1. The van der Waals surface area contributed by atoms with Gasteiger partial charge in [-0.3, -0.25) is 9.59 Å². The van der Waals surface area contributed by atoms with E-state index in [0.29, 0.717) is 13.0 Å². The van der Waals surface area contributed by atoms with E-state index in [1.54, 1.807) is 12.0 Å². The predicted octanol–water partition coefficient (Wildman–Crippen LogP) is 1.76. The molecule has 1 aromatic rings. The number of nitrogens with zero attached hydrogens (tertiary/aromatic N) is 1. The summed E-state index contributed by atoms with van der Waals surface area (Å²) in [5.41, 5.74) is 1.01. The highest BCUT2D eigenvalue weighted by atomic mass is 79.9.